The summed E-state index contributed by atoms with van der Waals surface area (Å²) in [6.45, 7) is 0.880. The van der Waals surface area contributed by atoms with Gasteiger partial charge in [-0.25, -0.2) is 0 Å². The van der Waals surface area contributed by atoms with E-state index in [0.717, 1.165) is 11.5 Å². The van der Waals surface area contributed by atoms with E-state index >= 15 is 0 Å². The molecular formula is C16H16ClNO5. The lowest BCUT2D eigenvalue weighted by Crippen LogP contribution is -2.05. The van der Waals surface area contributed by atoms with Crippen molar-refractivity contribution in [3.05, 3.63) is 57.6 Å². The van der Waals surface area contributed by atoms with E-state index in [-0.39, 0.29) is 10.7 Å². The van der Waals surface area contributed by atoms with Crippen molar-refractivity contribution < 1.29 is 19.1 Å². The van der Waals surface area contributed by atoms with Crippen LogP contribution in [-0.4, -0.2) is 25.2 Å². The van der Waals surface area contributed by atoms with Crippen LogP contribution < -0.4 is 14.2 Å². The molecule has 0 unspecified atom stereocenters. The van der Waals surface area contributed by atoms with Gasteiger partial charge in [-0.2, -0.15) is 0 Å². The molecule has 0 aromatic heterocycles. The fourth-order valence-corrected chi connectivity index (χ4v) is 2.05. The minimum absolute atomic E-state index is 0.0646. The molecule has 122 valence electrons. The lowest BCUT2D eigenvalue weighted by Gasteiger charge is -2.09. The van der Waals surface area contributed by atoms with Crippen molar-refractivity contribution >= 4 is 17.3 Å². The average Bonchev–Trinajstić information content (AvgIpc) is 2.56. The van der Waals surface area contributed by atoms with E-state index in [1.165, 1.54) is 18.2 Å². The largest absolute Gasteiger partial charge is 0.497 e. The highest BCUT2D eigenvalue weighted by atomic mass is 35.5. The monoisotopic (exact) mass is 337 g/mol. The van der Waals surface area contributed by atoms with Crippen LogP contribution in [0.25, 0.3) is 0 Å². The molecule has 0 bridgehead atoms. The van der Waals surface area contributed by atoms with Crippen molar-refractivity contribution in [2.45, 2.75) is 6.42 Å². The van der Waals surface area contributed by atoms with Gasteiger partial charge >= 0.3 is 0 Å². The topological polar surface area (TPSA) is 70.8 Å². The number of nitro benzene ring substituents is 1. The molecule has 0 saturated heterocycles. The van der Waals surface area contributed by atoms with Gasteiger partial charge in [-0.1, -0.05) is 11.6 Å². The van der Waals surface area contributed by atoms with Crippen molar-refractivity contribution in [1.29, 1.82) is 0 Å². The first-order valence-electron chi connectivity index (χ1n) is 6.94. The van der Waals surface area contributed by atoms with Crippen LogP contribution in [-0.2, 0) is 0 Å². The third kappa shape index (κ3) is 5.03. The first-order valence-corrected chi connectivity index (χ1v) is 7.31. The van der Waals surface area contributed by atoms with E-state index in [0.29, 0.717) is 25.4 Å². The van der Waals surface area contributed by atoms with E-state index in [2.05, 4.69) is 0 Å². The fourth-order valence-electron chi connectivity index (χ4n) is 1.82. The number of nitrogens with zero attached hydrogens (tertiary/aromatic N) is 1. The van der Waals surface area contributed by atoms with Crippen molar-refractivity contribution in [2.75, 3.05) is 20.3 Å². The quantitative estimate of drug-likeness (QED) is 0.412. The van der Waals surface area contributed by atoms with Crippen LogP contribution in [0.2, 0.25) is 5.02 Å². The molecule has 2 aromatic carbocycles. The summed E-state index contributed by atoms with van der Waals surface area (Å²) in [4.78, 5) is 10.1. The average molecular weight is 338 g/mol. The third-order valence-corrected chi connectivity index (χ3v) is 3.30. The van der Waals surface area contributed by atoms with Gasteiger partial charge in [-0.05, 0) is 30.3 Å². The second-order valence-electron chi connectivity index (χ2n) is 4.60. The van der Waals surface area contributed by atoms with Gasteiger partial charge in [0.25, 0.3) is 5.69 Å². The van der Waals surface area contributed by atoms with Crippen LogP contribution in [0.5, 0.6) is 17.2 Å². The summed E-state index contributed by atoms with van der Waals surface area (Å²) in [5, 5.41) is 10.8. The SMILES string of the molecule is COc1ccc(OCCCOc2ccc([N+](=O)[O-])cc2Cl)cc1. The molecular weight excluding hydrogens is 322 g/mol. The van der Waals surface area contributed by atoms with Crippen LogP contribution in [0.3, 0.4) is 0 Å². The molecule has 2 rings (SSSR count). The second-order valence-corrected chi connectivity index (χ2v) is 5.01. The maximum atomic E-state index is 10.6. The van der Waals surface area contributed by atoms with Crippen LogP contribution in [0.15, 0.2) is 42.5 Å². The van der Waals surface area contributed by atoms with Gasteiger partial charge in [0, 0.05) is 18.6 Å². The normalized spacial score (nSPS) is 10.2. The smallest absolute Gasteiger partial charge is 0.271 e. The molecule has 0 saturated carbocycles. The Morgan fingerprint density at radius 3 is 2.30 bits per heavy atom. The molecule has 23 heavy (non-hydrogen) atoms. The number of ether oxygens (including phenoxy) is 3. The zero-order chi connectivity index (χ0) is 16.7. The summed E-state index contributed by atoms with van der Waals surface area (Å²) in [7, 11) is 1.61. The molecule has 0 aliphatic carbocycles. The van der Waals surface area contributed by atoms with E-state index in [9.17, 15) is 10.1 Å². The van der Waals surface area contributed by atoms with Gasteiger partial charge < -0.3 is 14.2 Å². The highest BCUT2D eigenvalue weighted by Gasteiger charge is 2.10. The minimum atomic E-state index is -0.502. The summed E-state index contributed by atoms with van der Waals surface area (Å²) < 4.78 is 16.1. The summed E-state index contributed by atoms with van der Waals surface area (Å²) in [5.74, 6) is 1.94. The number of methoxy groups -OCH3 is 1. The lowest BCUT2D eigenvalue weighted by molar-refractivity contribution is -0.384. The van der Waals surface area contributed by atoms with E-state index in [1.54, 1.807) is 7.11 Å². The minimum Gasteiger partial charge on any atom is -0.497 e. The van der Waals surface area contributed by atoms with Crippen LogP contribution in [0, 0.1) is 10.1 Å². The van der Waals surface area contributed by atoms with Crippen LogP contribution in [0.4, 0.5) is 5.69 Å². The molecule has 0 atom stereocenters. The van der Waals surface area contributed by atoms with E-state index < -0.39 is 4.92 Å². The number of benzene rings is 2. The Morgan fingerprint density at radius 2 is 1.70 bits per heavy atom. The van der Waals surface area contributed by atoms with Crippen molar-refractivity contribution in [3.8, 4) is 17.2 Å². The Balaban J connectivity index is 1.73. The van der Waals surface area contributed by atoms with Gasteiger partial charge in [-0.15, -0.1) is 0 Å². The van der Waals surface area contributed by atoms with Crippen molar-refractivity contribution in [3.63, 3.8) is 0 Å². The summed E-state index contributed by atoms with van der Waals surface area (Å²) in [5.41, 5.74) is -0.0646. The zero-order valence-corrected chi connectivity index (χ0v) is 13.3. The second kappa shape index (κ2) is 8.24. The summed E-state index contributed by atoms with van der Waals surface area (Å²) >= 11 is 5.94. The molecule has 0 aliphatic heterocycles. The first kappa shape index (κ1) is 16.9. The molecule has 0 radical (unpaired) electrons. The highest BCUT2D eigenvalue weighted by molar-refractivity contribution is 6.32. The number of non-ortho nitro benzene ring substituents is 1. The molecule has 0 spiro atoms. The van der Waals surface area contributed by atoms with Crippen molar-refractivity contribution in [1.82, 2.24) is 0 Å². The number of nitro groups is 1. The van der Waals surface area contributed by atoms with E-state index in [1.807, 2.05) is 24.3 Å². The number of hydrogen-bond acceptors (Lipinski definition) is 5. The third-order valence-electron chi connectivity index (χ3n) is 3.00. The standard InChI is InChI=1S/C16H16ClNO5/c1-21-13-4-6-14(7-5-13)22-9-2-10-23-16-8-3-12(18(19)20)11-15(16)17/h3-8,11H,2,9-10H2,1H3. The molecule has 6 nitrogen and oxygen atoms in total. The Labute approximate surface area is 138 Å². The molecule has 0 amide bonds. The molecule has 2 aromatic rings. The molecule has 0 heterocycles. The Kier molecular flexibility index (Phi) is 6.05. The van der Waals surface area contributed by atoms with Crippen LogP contribution >= 0.6 is 11.6 Å². The first-order chi connectivity index (χ1) is 11.1. The zero-order valence-electron chi connectivity index (χ0n) is 12.5. The highest BCUT2D eigenvalue weighted by Crippen LogP contribution is 2.28. The Hall–Kier alpha value is -2.47. The van der Waals surface area contributed by atoms with Gasteiger partial charge in [0.1, 0.15) is 17.2 Å². The number of hydrogen-bond donors (Lipinski definition) is 0. The predicted molar refractivity (Wildman–Crippen MR) is 86.7 cm³/mol. The molecule has 7 heteroatoms. The molecule has 0 fully saturated rings. The molecule has 0 N–H and O–H groups in total. The van der Waals surface area contributed by atoms with Gasteiger partial charge in [0.05, 0.1) is 30.3 Å². The Bertz CT molecular complexity index is 660. The predicted octanol–water partition coefficient (Wildman–Crippen LogP) is 4.10. The van der Waals surface area contributed by atoms with Crippen molar-refractivity contribution in [2.24, 2.45) is 0 Å². The fraction of sp³-hybridized carbons (Fsp3) is 0.250. The number of rotatable bonds is 8. The van der Waals surface area contributed by atoms with E-state index in [4.69, 9.17) is 25.8 Å². The maximum absolute atomic E-state index is 10.6. The van der Waals surface area contributed by atoms with Gasteiger partial charge in [0.2, 0.25) is 0 Å². The van der Waals surface area contributed by atoms with Gasteiger partial charge in [-0.3, -0.25) is 10.1 Å². The maximum Gasteiger partial charge on any atom is 0.271 e. The number of halogens is 1. The lowest BCUT2D eigenvalue weighted by atomic mass is 10.3. The van der Waals surface area contributed by atoms with Gasteiger partial charge in [0.15, 0.2) is 0 Å². The summed E-state index contributed by atoms with van der Waals surface area (Å²) in [6, 6.07) is 11.4. The Morgan fingerprint density at radius 1 is 1.04 bits per heavy atom. The molecule has 0 aliphatic rings. The summed E-state index contributed by atoms with van der Waals surface area (Å²) in [6.07, 6.45) is 0.652. The van der Waals surface area contributed by atoms with Crippen LogP contribution in [0.1, 0.15) is 6.42 Å².